The third-order valence-electron chi connectivity index (χ3n) is 4.25. The molecule has 0 aliphatic carbocycles. The Morgan fingerprint density at radius 3 is 2.50 bits per heavy atom. The lowest BCUT2D eigenvalue weighted by molar-refractivity contribution is 0.0949. The van der Waals surface area contributed by atoms with Gasteiger partial charge < -0.3 is 10.2 Å². The maximum absolute atomic E-state index is 13.4. The molecule has 1 saturated heterocycles. The van der Waals surface area contributed by atoms with Crippen molar-refractivity contribution in [2.24, 2.45) is 0 Å². The highest BCUT2D eigenvalue weighted by Gasteiger charge is 2.10. The molecule has 1 aliphatic heterocycles. The van der Waals surface area contributed by atoms with Crippen molar-refractivity contribution in [3.8, 4) is 0 Å². The first kappa shape index (κ1) is 16.9. The van der Waals surface area contributed by atoms with Crippen molar-refractivity contribution in [1.82, 2.24) is 10.2 Å². The number of benzene rings is 1. The van der Waals surface area contributed by atoms with Gasteiger partial charge in [0.25, 0.3) is 5.91 Å². The standard InChI is InChI=1S/C18H27FN2O/c19-17-11-5-4-10-16(17)18(22)20-12-6-3-9-15-21-13-7-1-2-8-14-21/h4-5,10-11H,1-3,6-9,12-15H2,(H,20,22). The van der Waals surface area contributed by atoms with Gasteiger partial charge in [0.05, 0.1) is 5.56 Å². The summed E-state index contributed by atoms with van der Waals surface area (Å²) in [6, 6.07) is 6.11. The van der Waals surface area contributed by atoms with Crippen LogP contribution in [0.3, 0.4) is 0 Å². The topological polar surface area (TPSA) is 32.3 Å². The molecule has 0 saturated carbocycles. The number of carbonyl (C=O) groups excluding carboxylic acids is 1. The van der Waals surface area contributed by atoms with Gasteiger partial charge in [-0.05, 0) is 57.5 Å². The molecule has 2 rings (SSSR count). The van der Waals surface area contributed by atoms with Crippen molar-refractivity contribution in [3.05, 3.63) is 35.6 Å². The number of unbranched alkanes of at least 4 members (excludes halogenated alkanes) is 2. The SMILES string of the molecule is O=C(NCCCCCN1CCCCCC1)c1ccccc1F. The van der Waals surface area contributed by atoms with E-state index in [1.54, 1.807) is 12.1 Å². The van der Waals surface area contributed by atoms with Crippen molar-refractivity contribution in [1.29, 1.82) is 0 Å². The van der Waals surface area contributed by atoms with Gasteiger partial charge in [0.1, 0.15) is 5.82 Å². The van der Waals surface area contributed by atoms with E-state index in [0.717, 1.165) is 12.8 Å². The Kier molecular flexibility index (Phi) is 7.37. The van der Waals surface area contributed by atoms with Gasteiger partial charge in [0.2, 0.25) is 0 Å². The Bertz CT molecular complexity index is 456. The molecule has 1 heterocycles. The summed E-state index contributed by atoms with van der Waals surface area (Å²) >= 11 is 0. The van der Waals surface area contributed by atoms with E-state index >= 15 is 0 Å². The van der Waals surface area contributed by atoms with E-state index in [-0.39, 0.29) is 11.5 Å². The van der Waals surface area contributed by atoms with Gasteiger partial charge in [0.15, 0.2) is 0 Å². The number of amides is 1. The Morgan fingerprint density at radius 2 is 1.77 bits per heavy atom. The molecule has 0 atom stereocenters. The lowest BCUT2D eigenvalue weighted by Gasteiger charge is -2.19. The zero-order valence-electron chi connectivity index (χ0n) is 13.3. The second-order valence-corrected chi connectivity index (χ2v) is 6.05. The number of nitrogens with one attached hydrogen (secondary N) is 1. The molecular formula is C18H27FN2O. The van der Waals surface area contributed by atoms with Gasteiger partial charge in [-0.2, -0.15) is 0 Å². The van der Waals surface area contributed by atoms with Gasteiger partial charge in [0, 0.05) is 6.54 Å². The Labute approximate surface area is 132 Å². The predicted molar refractivity (Wildman–Crippen MR) is 87.5 cm³/mol. The van der Waals surface area contributed by atoms with Crippen LogP contribution in [0.25, 0.3) is 0 Å². The molecular weight excluding hydrogens is 279 g/mol. The summed E-state index contributed by atoms with van der Waals surface area (Å²) in [4.78, 5) is 14.4. The van der Waals surface area contributed by atoms with Crippen LogP contribution in [-0.4, -0.2) is 37.0 Å². The highest BCUT2D eigenvalue weighted by molar-refractivity contribution is 5.94. The van der Waals surface area contributed by atoms with E-state index in [1.165, 1.54) is 63.9 Å². The van der Waals surface area contributed by atoms with Crippen molar-refractivity contribution in [3.63, 3.8) is 0 Å². The molecule has 1 aromatic rings. The maximum Gasteiger partial charge on any atom is 0.254 e. The van der Waals surface area contributed by atoms with E-state index < -0.39 is 5.82 Å². The number of halogens is 1. The van der Waals surface area contributed by atoms with Gasteiger partial charge in [-0.15, -0.1) is 0 Å². The lowest BCUT2D eigenvalue weighted by Crippen LogP contribution is -2.27. The first-order valence-electron chi connectivity index (χ1n) is 8.52. The zero-order valence-corrected chi connectivity index (χ0v) is 13.3. The average molecular weight is 306 g/mol. The second-order valence-electron chi connectivity index (χ2n) is 6.05. The quantitative estimate of drug-likeness (QED) is 0.781. The fourth-order valence-corrected chi connectivity index (χ4v) is 2.94. The maximum atomic E-state index is 13.4. The minimum absolute atomic E-state index is 0.132. The average Bonchev–Trinajstić information content (AvgIpc) is 2.79. The number of likely N-dealkylation sites (tertiary alicyclic amines) is 1. The van der Waals surface area contributed by atoms with E-state index in [4.69, 9.17) is 0 Å². The van der Waals surface area contributed by atoms with Crippen LogP contribution in [0.15, 0.2) is 24.3 Å². The third-order valence-corrected chi connectivity index (χ3v) is 4.25. The van der Waals surface area contributed by atoms with E-state index in [9.17, 15) is 9.18 Å². The van der Waals surface area contributed by atoms with E-state index in [1.807, 2.05) is 0 Å². The molecule has 0 spiro atoms. The van der Waals surface area contributed by atoms with Crippen LogP contribution in [0.1, 0.15) is 55.3 Å². The molecule has 1 aromatic carbocycles. The number of carbonyl (C=O) groups is 1. The van der Waals surface area contributed by atoms with Crippen LogP contribution in [-0.2, 0) is 0 Å². The molecule has 1 aliphatic rings. The summed E-state index contributed by atoms with van der Waals surface area (Å²) < 4.78 is 13.4. The minimum Gasteiger partial charge on any atom is -0.352 e. The fourth-order valence-electron chi connectivity index (χ4n) is 2.94. The Balaban J connectivity index is 1.55. The second kappa shape index (κ2) is 9.57. The molecule has 0 unspecified atom stereocenters. The van der Waals surface area contributed by atoms with Crippen LogP contribution >= 0.6 is 0 Å². The van der Waals surface area contributed by atoms with Crippen molar-refractivity contribution in [2.75, 3.05) is 26.2 Å². The van der Waals surface area contributed by atoms with Crippen LogP contribution in [0.5, 0.6) is 0 Å². The molecule has 3 nitrogen and oxygen atoms in total. The van der Waals surface area contributed by atoms with Crippen LogP contribution in [0.2, 0.25) is 0 Å². The van der Waals surface area contributed by atoms with E-state index in [2.05, 4.69) is 10.2 Å². The highest BCUT2D eigenvalue weighted by atomic mass is 19.1. The molecule has 0 radical (unpaired) electrons. The molecule has 4 heteroatoms. The lowest BCUT2D eigenvalue weighted by atomic mass is 10.2. The summed E-state index contributed by atoms with van der Waals surface area (Å²) in [6.07, 6.45) is 8.65. The fraction of sp³-hybridized carbons (Fsp3) is 0.611. The molecule has 1 N–H and O–H groups in total. The molecule has 1 amide bonds. The zero-order chi connectivity index (χ0) is 15.6. The summed E-state index contributed by atoms with van der Waals surface area (Å²) in [7, 11) is 0. The number of nitrogens with zero attached hydrogens (tertiary/aromatic N) is 1. The molecule has 0 bridgehead atoms. The van der Waals surface area contributed by atoms with E-state index in [0.29, 0.717) is 6.54 Å². The number of rotatable bonds is 7. The monoisotopic (exact) mass is 306 g/mol. The van der Waals surface area contributed by atoms with Gasteiger partial charge in [-0.3, -0.25) is 4.79 Å². The summed E-state index contributed by atoms with van der Waals surface area (Å²) in [5.74, 6) is -0.771. The summed E-state index contributed by atoms with van der Waals surface area (Å²) in [5, 5.41) is 2.80. The predicted octanol–water partition coefficient (Wildman–Crippen LogP) is 3.60. The molecule has 1 fully saturated rings. The first-order chi connectivity index (χ1) is 10.8. The van der Waals surface area contributed by atoms with Crippen molar-refractivity contribution < 1.29 is 9.18 Å². The molecule has 122 valence electrons. The van der Waals surface area contributed by atoms with Crippen LogP contribution < -0.4 is 5.32 Å². The molecule has 0 aromatic heterocycles. The largest absolute Gasteiger partial charge is 0.352 e. The molecule has 22 heavy (non-hydrogen) atoms. The number of hydrogen-bond donors (Lipinski definition) is 1. The summed E-state index contributed by atoms with van der Waals surface area (Å²) in [6.45, 7) is 4.27. The third kappa shape index (κ3) is 5.76. The van der Waals surface area contributed by atoms with Crippen molar-refractivity contribution in [2.45, 2.75) is 44.9 Å². The van der Waals surface area contributed by atoms with Crippen LogP contribution in [0.4, 0.5) is 4.39 Å². The smallest absolute Gasteiger partial charge is 0.254 e. The van der Waals surface area contributed by atoms with Gasteiger partial charge >= 0.3 is 0 Å². The van der Waals surface area contributed by atoms with Gasteiger partial charge in [-0.1, -0.05) is 31.4 Å². The van der Waals surface area contributed by atoms with Gasteiger partial charge in [-0.25, -0.2) is 4.39 Å². The normalized spacial score (nSPS) is 16.2. The summed E-state index contributed by atoms with van der Waals surface area (Å²) in [5.41, 5.74) is 0.132. The Morgan fingerprint density at radius 1 is 1.05 bits per heavy atom. The van der Waals surface area contributed by atoms with Crippen LogP contribution in [0, 0.1) is 5.82 Å². The highest BCUT2D eigenvalue weighted by Crippen LogP contribution is 2.10. The van der Waals surface area contributed by atoms with Crippen molar-refractivity contribution >= 4 is 5.91 Å². The minimum atomic E-state index is -0.457. The first-order valence-corrected chi connectivity index (χ1v) is 8.52. The Hall–Kier alpha value is -1.42. The number of hydrogen-bond acceptors (Lipinski definition) is 2.